The predicted molar refractivity (Wildman–Crippen MR) is 67.7 cm³/mol. The summed E-state index contributed by atoms with van der Waals surface area (Å²) in [5, 5.41) is 4.98. The van der Waals surface area contributed by atoms with Crippen LogP contribution in [0.1, 0.15) is 6.42 Å². The van der Waals surface area contributed by atoms with Gasteiger partial charge in [-0.3, -0.25) is 0 Å². The molecule has 0 radical (unpaired) electrons. The van der Waals surface area contributed by atoms with Crippen molar-refractivity contribution in [2.45, 2.75) is 10.6 Å². The number of rotatable bonds is 4. The fourth-order valence-corrected chi connectivity index (χ4v) is 3.76. The Hall–Kier alpha value is -0.140. The fraction of sp³-hybridized carbons (Fsp3) is 0.556. The molecule has 1 saturated heterocycles. The summed E-state index contributed by atoms with van der Waals surface area (Å²) in [6, 6.07) is 3.37. The second kappa shape index (κ2) is 5.97. The number of hydrogen-bond acceptors (Lipinski definition) is 4. The van der Waals surface area contributed by atoms with Crippen LogP contribution in [-0.2, 0) is 10.0 Å². The van der Waals surface area contributed by atoms with Gasteiger partial charge >= 0.3 is 0 Å². The van der Waals surface area contributed by atoms with Crippen LogP contribution in [0.4, 0.5) is 0 Å². The van der Waals surface area contributed by atoms with Gasteiger partial charge in [-0.1, -0.05) is 6.07 Å². The Balaban J connectivity index is 0.00000128. The monoisotopic (exact) mass is 282 g/mol. The summed E-state index contributed by atoms with van der Waals surface area (Å²) < 4.78 is 26.5. The van der Waals surface area contributed by atoms with E-state index in [-0.39, 0.29) is 12.4 Å². The van der Waals surface area contributed by atoms with Gasteiger partial charge in [0.05, 0.1) is 0 Å². The average molecular weight is 283 g/mol. The summed E-state index contributed by atoms with van der Waals surface area (Å²) >= 11 is 1.25. The number of hydrogen-bond donors (Lipinski definition) is 2. The van der Waals surface area contributed by atoms with Crippen molar-refractivity contribution in [2.75, 3.05) is 19.6 Å². The first-order valence-corrected chi connectivity index (χ1v) is 7.28. The number of nitrogens with one attached hydrogen (secondary N) is 2. The van der Waals surface area contributed by atoms with Crippen LogP contribution in [0.5, 0.6) is 0 Å². The molecule has 0 bridgehead atoms. The molecule has 1 aliphatic heterocycles. The summed E-state index contributed by atoms with van der Waals surface area (Å²) in [7, 11) is -3.26. The molecule has 2 N–H and O–H groups in total. The van der Waals surface area contributed by atoms with Crippen LogP contribution in [-0.4, -0.2) is 28.1 Å². The number of halogens is 1. The van der Waals surface area contributed by atoms with Crippen LogP contribution >= 0.6 is 23.7 Å². The lowest BCUT2D eigenvalue weighted by atomic mass is 10.1. The summed E-state index contributed by atoms with van der Waals surface area (Å²) in [5.41, 5.74) is 0. The van der Waals surface area contributed by atoms with Crippen LogP contribution in [0, 0.1) is 5.92 Å². The molecular formula is C9H15ClN2O2S2. The van der Waals surface area contributed by atoms with Gasteiger partial charge in [-0.25, -0.2) is 13.1 Å². The minimum absolute atomic E-state index is 0. The zero-order chi connectivity index (χ0) is 10.7. The molecule has 16 heavy (non-hydrogen) atoms. The molecule has 1 unspecified atom stereocenters. The van der Waals surface area contributed by atoms with Gasteiger partial charge in [0.25, 0.3) is 0 Å². The van der Waals surface area contributed by atoms with Crippen molar-refractivity contribution in [2.24, 2.45) is 5.92 Å². The standard InChI is InChI=1S/C9H14N2O2S2.ClH/c12-15(13,9-2-1-5-14-9)11-7-8-3-4-10-6-8;/h1-2,5,8,10-11H,3-4,6-7H2;1H. The van der Waals surface area contributed by atoms with Crippen molar-refractivity contribution in [3.05, 3.63) is 17.5 Å². The number of thiophene rings is 1. The summed E-state index contributed by atoms with van der Waals surface area (Å²) in [5.74, 6) is 0.430. The van der Waals surface area contributed by atoms with Crippen molar-refractivity contribution in [1.29, 1.82) is 0 Å². The Labute approximate surface area is 106 Å². The van der Waals surface area contributed by atoms with Gasteiger partial charge in [-0.2, -0.15) is 0 Å². The van der Waals surface area contributed by atoms with Gasteiger partial charge in [-0.05, 0) is 36.9 Å². The molecule has 1 aliphatic rings. The van der Waals surface area contributed by atoms with Crippen molar-refractivity contribution >= 4 is 33.8 Å². The van der Waals surface area contributed by atoms with E-state index < -0.39 is 10.0 Å². The van der Waals surface area contributed by atoms with Crippen molar-refractivity contribution in [3.63, 3.8) is 0 Å². The zero-order valence-corrected chi connectivity index (χ0v) is 11.1. The van der Waals surface area contributed by atoms with E-state index in [1.54, 1.807) is 17.5 Å². The highest BCUT2D eigenvalue weighted by Gasteiger charge is 2.19. The Morgan fingerprint density at radius 1 is 1.56 bits per heavy atom. The van der Waals surface area contributed by atoms with Gasteiger partial charge in [-0.15, -0.1) is 23.7 Å². The van der Waals surface area contributed by atoms with Gasteiger partial charge in [0.2, 0.25) is 10.0 Å². The van der Waals surface area contributed by atoms with Crippen molar-refractivity contribution in [1.82, 2.24) is 10.0 Å². The first kappa shape index (κ1) is 13.9. The van der Waals surface area contributed by atoms with Crippen molar-refractivity contribution < 1.29 is 8.42 Å². The minimum Gasteiger partial charge on any atom is -0.316 e. The molecule has 0 aliphatic carbocycles. The third-order valence-electron chi connectivity index (χ3n) is 2.48. The highest BCUT2D eigenvalue weighted by atomic mass is 35.5. The van der Waals surface area contributed by atoms with Gasteiger partial charge in [0.15, 0.2) is 0 Å². The molecule has 92 valence electrons. The van der Waals surface area contributed by atoms with E-state index in [2.05, 4.69) is 10.0 Å². The molecule has 4 nitrogen and oxygen atoms in total. The molecule has 0 amide bonds. The second-order valence-electron chi connectivity index (χ2n) is 3.64. The van der Waals surface area contributed by atoms with Crippen LogP contribution in [0.25, 0.3) is 0 Å². The van der Waals surface area contributed by atoms with Crippen LogP contribution in [0.15, 0.2) is 21.7 Å². The maximum atomic E-state index is 11.7. The van der Waals surface area contributed by atoms with E-state index in [9.17, 15) is 8.42 Å². The van der Waals surface area contributed by atoms with Crippen LogP contribution in [0.2, 0.25) is 0 Å². The Kier molecular flexibility index (Phi) is 5.20. The molecule has 0 saturated carbocycles. The molecular weight excluding hydrogens is 268 g/mol. The van der Waals surface area contributed by atoms with Gasteiger partial charge < -0.3 is 5.32 Å². The lowest BCUT2D eigenvalue weighted by molar-refractivity contribution is 0.540. The van der Waals surface area contributed by atoms with Crippen molar-refractivity contribution in [3.8, 4) is 0 Å². The lowest BCUT2D eigenvalue weighted by Gasteiger charge is -2.09. The average Bonchev–Trinajstić information content (AvgIpc) is 2.88. The zero-order valence-electron chi connectivity index (χ0n) is 8.68. The van der Waals surface area contributed by atoms with E-state index >= 15 is 0 Å². The molecule has 1 atom stereocenters. The molecule has 1 aromatic rings. The van der Waals surface area contributed by atoms with E-state index in [0.29, 0.717) is 16.7 Å². The quantitative estimate of drug-likeness (QED) is 0.868. The van der Waals surface area contributed by atoms with Crippen LogP contribution in [0.3, 0.4) is 0 Å². The third kappa shape index (κ3) is 3.43. The Morgan fingerprint density at radius 3 is 2.94 bits per heavy atom. The van der Waals surface area contributed by atoms with Gasteiger partial charge in [0.1, 0.15) is 4.21 Å². The third-order valence-corrected chi connectivity index (χ3v) is 5.31. The molecule has 1 fully saturated rings. The lowest BCUT2D eigenvalue weighted by Crippen LogP contribution is -2.29. The minimum atomic E-state index is -3.26. The molecule has 7 heteroatoms. The summed E-state index contributed by atoms with van der Waals surface area (Å²) in [4.78, 5) is 0. The number of sulfonamides is 1. The van der Waals surface area contributed by atoms with Gasteiger partial charge in [0, 0.05) is 6.54 Å². The van der Waals surface area contributed by atoms with E-state index in [4.69, 9.17) is 0 Å². The first-order valence-electron chi connectivity index (χ1n) is 4.92. The maximum Gasteiger partial charge on any atom is 0.250 e. The molecule has 0 aromatic carbocycles. The predicted octanol–water partition coefficient (Wildman–Crippen LogP) is 1.06. The fourth-order valence-electron chi connectivity index (χ4n) is 1.60. The molecule has 2 rings (SSSR count). The van der Waals surface area contributed by atoms with E-state index in [0.717, 1.165) is 19.5 Å². The van der Waals surface area contributed by atoms with E-state index in [1.807, 2.05) is 0 Å². The highest BCUT2D eigenvalue weighted by molar-refractivity contribution is 7.91. The normalized spacial score (nSPS) is 20.6. The smallest absolute Gasteiger partial charge is 0.250 e. The molecule has 0 spiro atoms. The largest absolute Gasteiger partial charge is 0.316 e. The second-order valence-corrected chi connectivity index (χ2v) is 6.58. The topological polar surface area (TPSA) is 58.2 Å². The highest BCUT2D eigenvalue weighted by Crippen LogP contribution is 2.16. The first-order chi connectivity index (χ1) is 7.18. The Bertz CT molecular complexity index is 399. The molecule has 1 aromatic heterocycles. The maximum absolute atomic E-state index is 11.7. The summed E-state index contributed by atoms with van der Waals surface area (Å²) in [6.07, 6.45) is 1.05. The molecule has 2 heterocycles. The summed E-state index contributed by atoms with van der Waals surface area (Å²) in [6.45, 7) is 2.44. The SMILES string of the molecule is Cl.O=S(=O)(NCC1CCNC1)c1cccs1. The Morgan fingerprint density at radius 2 is 2.38 bits per heavy atom. The van der Waals surface area contributed by atoms with E-state index in [1.165, 1.54) is 11.3 Å². The van der Waals surface area contributed by atoms with Crippen LogP contribution < -0.4 is 10.0 Å².